The predicted molar refractivity (Wildman–Crippen MR) is 97.9 cm³/mol. The number of hydrazine groups is 1. The summed E-state index contributed by atoms with van der Waals surface area (Å²) in [7, 11) is 0. The zero-order valence-electron chi connectivity index (χ0n) is 13.9. The first kappa shape index (κ1) is 18.0. The Kier molecular flexibility index (Phi) is 7.09. The lowest BCUT2D eigenvalue weighted by Crippen LogP contribution is -2.46. The van der Waals surface area contributed by atoms with Crippen LogP contribution in [-0.2, 0) is 0 Å². The first-order valence-corrected chi connectivity index (χ1v) is 8.73. The van der Waals surface area contributed by atoms with Crippen LogP contribution in [0.5, 0.6) is 0 Å². The molecule has 4 nitrogen and oxygen atoms in total. The van der Waals surface area contributed by atoms with E-state index < -0.39 is 0 Å². The van der Waals surface area contributed by atoms with Gasteiger partial charge in [0.15, 0.2) is 0 Å². The molecule has 0 fully saturated rings. The van der Waals surface area contributed by atoms with Crippen molar-refractivity contribution in [1.29, 1.82) is 0 Å². The van der Waals surface area contributed by atoms with E-state index in [1.54, 1.807) is 6.20 Å². The number of rotatable bonds is 9. The first-order chi connectivity index (χ1) is 11.2. The second-order valence-electron chi connectivity index (χ2n) is 5.84. The van der Waals surface area contributed by atoms with E-state index >= 15 is 0 Å². The van der Waals surface area contributed by atoms with Crippen molar-refractivity contribution in [2.75, 3.05) is 18.2 Å². The molecule has 1 aromatic heterocycles. The minimum atomic E-state index is 0.104. The predicted octanol–water partition coefficient (Wildman–Crippen LogP) is 4.16. The SMILES string of the molecule is CCCCCC(C)N(NCCO)c1ccnc2cc(Cl)ccc12. The number of aliphatic hydroxyl groups excluding tert-OH is 1. The molecule has 0 saturated heterocycles. The number of aromatic nitrogens is 1. The number of hydrogen-bond acceptors (Lipinski definition) is 4. The van der Waals surface area contributed by atoms with Gasteiger partial charge < -0.3 is 10.1 Å². The summed E-state index contributed by atoms with van der Waals surface area (Å²) in [4.78, 5) is 4.41. The standard InChI is InChI=1S/C18H26ClN3O/c1-3-4-5-6-14(2)22(21-11-12-23)18-9-10-20-17-13-15(19)7-8-16(17)18/h7-10,13-14,21,23H,3-6,11-12H2,1-2H3. The van der Waals surface area contributed by atoms with Crippen LogP contribution in [0.15, 0.2) is 30.5 Å². The van der Waals surface area contributed by atoms with Gasteiger partial charge in [-0.15, -0.1) is 0 Å². The number of hydrogen-bond donors (Lipinski definition) is 2. The number of nitrogens with one attached hydrogen (secondary N) is 1. The average Bonchev–Trinajstić information content (AvgIpc) is 2.55. The molecule has 2 rings (SSSR count). The van der Waals surface area contributed by atoms with Gasteiger partial charge in [0.25, 0.3) is 0 Å². The lowest BCUT2D eigenvalue weighted by atomic mass is 10.1. The molecule has 5 heteroatoms. The van der Waals surface area contributed by atoms with Gasteiger partial charge in [-0.3, -0.25) is 4.98 Å². The van der Waals surface area contributed by atoms with E-state index in [0.29, 0.717) is 17.6 Å². The van der Waals surface area contributed by atoms with Gasteiger partial charge in [-0.25, -0.2) is 5.43 Å². The molecule has 0 radical (unpaired) electrons. The molecule has 0 bridgehead atoms. The van der Waals surface area contributed by atoms with E-state index in [4.69, 9.17) is 11.6 Å². The summed E-state index contributed by atoms with van der Waals surface area (Å²) in [6.45, 7) is 5.05. The van der Waals surface area contributed by atoms with Gasteiger partial charge in [0.05, 0.1) is 17.8 Å². The van der Waals surface area contributed by atoms with Crippen LogP contribution in [0.3, 0.4) is 0 Å². The monoisotopic (exact) mass is 335 g/mol. The van der Waals surface area contributed by atoms with Crippen LogP contribution < -0.4 is 10.4 Å². The zero-order chi connectivity index (χ0) is 16.7. The van der Waals surface area contributed by atoms with Gasteiger partial charge in [0.2, 0.25) is 0 Å². The van der Waals surface area contributed by atoms with Crippen molar-refractivity contribution >= 4 is 28.2 Å². The van der Waals surface area contributed by atoms with Crippen LogP contribution in [0.1, 0.15) is 39.5 Å². The number of benzene rings is 1. The lowest BCUT2D eigenvalue weighted by Gasteiger charge is -2.32. The Balaban J connectivity index is 2.30. The van der Waals surface area contributed by atoms with E-state index in [-0.39, 0.29) is 6.61 Å². The number of nitrogens with zero attached hydrogens (tertiary/aromatic N) is 2. The van der Waals surface area contributed by atoms with Crippen LogP contribution in [-0.4, -0.2) is 29.3 Å². The van der Waals surface area contributed by atoms with Gasteiger partial charge in [0, 0.05) is 29.2 Å². The van der Waals surface area contributed by atoms with Crippen molar-refractivity contribution in [1.82, 2.24) is 10.4 Å². The maximum absolute atomic E-state index is 9.19. The fourth-order valence-corrected chi connectivity index (χ4v) is 2.95. The molecule has 2 N–H and O–H groups in total. The quantitative estimate of drug-likeness (QED) is 0.533. The highest BCUT2D eigenvalue weighted by atomic mass is 35.5. The number of pyridine rings is 1. The third-order valence-corrected chi connectivity index (χ3v) is 4.24. The Morgan fingerprint density at radius 3 is 2.87 bits per heavy atom. The Hall–Kier alpha value is -1.36. The van der Waals surface area contributed by atoms with E-state index in [2.05, 4.69) is 29.3 Å². The summed E-state index contributed by atoms with van der Waals surface area (Å²) in [6, 6.07) is 8.12. The Bertz CT molecular complexity index is 620. The summed E-state index contributed by atoms with van der Waals surface area (Å²) in [5.41, 5.74) is 5.30. The summed E-state index contributed by atoms with van der Waals surface area (Å²) in [6.07, 6.45) is 6.56. The van der Waals surface area contributed by atoms with Gasteiger partial charge >= 0.3 is 0 Å². The van der Waals surface area contributed by atoms with Crippen molar-refractivity contribution in [3.05, 3.63) is 35.5 Å². The van der Waals surface area contributed by atoms with E-state index in [9.17, 15) is 5.11 Å². The molecule has 1 atom stereocenters. The highest BCUT2D eigenvalue weighted by Gasteiger charge is 2.17. The van der Waals surface area contributed by atoms with Crippen LogP contribution in [0.25, 0.3) is 10.9 Å². The fourth-order valence-electron chi connectivity index (χ4n) is 2.78. The van der Waals surface area contributed by atoms with Crippen molar-refractivity contribution < 1.29 is 5.11 Å². The molecular formula is C18H26ClN3O. The van der Waals surface area contributed by atoms with Crippen molar-refractivity contribution in [2.24, 2.45) is 0 Å². The summed E-state index contributed by atoms with van der Waals surface area (Å²) in [5, 5.41) is 13.1. The van der Waals surface area contributed by atoms with Gasteiger partial charge in [-0.1, -0.05) is 37.8 Å². The number of aliphatic hydroxyl groups is 1. The zero-order valence-corrected chi connectivity index (χ0v) is 14.7. The minimum Gasteiger partial charge on any atom is -0.395 e. The van der Waals surface area contributed by atoms with Crippen molar-refractivity contribution in [3.63, 3.8) is 0 Å². The molecule has 1 aromatic carbocycles. The minimum absolute atomic E-state index is 0.104. The first-order valence-electron chi connectivity index (χ1n) is 8.35. The molecule has 2 aromatic rings. The summed E-state index contributed by atoms with van der Waals surface area (Å²) < 4.78 is 0. The van der Waals surface area contributed by atoms with Crippen molar-refractivity contribution in [3.8, 4) is 0 Å². The molecule has 0 aliphatic rings. The molecule has 0 amide bonds. The molecule has 1 unspecified atom stereocenters. The molecule has 0 saturated carbocycles. The van der Waals surface area contributed by atoms with E-state index in [1.165, 1.54) is 19.3 Å². The number of halogens is 1. The molecule has 126 valence electrons. The van der Waals surface area contributed by atoms with Crippen LogP contribution in [0.2, 0.25) is 5.02 Å². The molecule has 1 heterocycles. The Morgan fingerprint density at radius 1 is 1.30 bits per heavy atom. The third kappa shape index (κ3) is 4.80. The number of unbranched alkanes of at least 4 members (excludes halogenated alkanes) is 2. The molecule has 23 heavy (non-hydrogen) atoms. The van der Waals surface area contributed by atoms with Crippen LogP contribution >= 0.6 is 11.6 Å². The highest BCUT2D eigenvalue weighted by molar-refractivity contribution is 6.31. The van der Waals surface area contributed by atoms with Gasteiger partial charge in [-0.05, 0) is 37.6 Å². The number of fused-ring (bicyclic) bond motifs is 1. The Labute approximate surface area is 143 Å². The molecule has 0 spiro atoms. The molecular weight excluding hydrogens is 310 g/mol. The summed E-state index contributed by atoms with van der Waals surface area (Å²) >= 11 is 6.08. The molecule has 0 aliphatic carbocycles. The van der Waals surface area contributed by atoms with Crippen LogP contribution in [0, 0.1) is 0 Å². The topological polar surface area (TPSA) is 48.4 Å². The lowest BCUT2D eigenvalue weighted by molar-refractivity contribution is 0.287. The maximum Gasteiger partial charge on any atom is 0.0738 e. The second-order valence-corrected chi connectivity index (χ2v) is 6.27. The van der Waals surface area contributed by atoms with Gasteiger partial charge in [0.1, 0.15) is 0 Å². The van der Waals surface area contributed by atoms with Crippen molar-refractivity contribution in [2.45, 2.75) is 45.6 Å². The smallest absolute Gasteiger partial charge is 0.0738 e. The molecule has 0 aliphatic heterocycles. The Morgan fingerprint density at radius 2 is 2.13 bits per heavy atom. The van der Waals surface area contributed by atoms with Gasteiger partial charge in [-0.2, -0.15) is 0 Å². The normalized spacial score (nSPS) is 12.5. The van der Waals surface area contributed by atoms with E-state index in [0.717, 1.165) is 23.0 Å². The third-order valence-electron chi connectivity index (χ3n) is 4.00. The second kappa shape index (κ2) is 9.06. The number of anilines is 1. The maximum atomic E-state index is 9.19. The average molecular weight is 336 g/mol. The highest BCUT2D eigenvalue weighted by Crippen LogP contribution is 2.28. The largest absolute Gasteiger partial charge is 0.395 e. The fraction of sp³-hybridized carbons (Fsp3) is 0.500. The van der Waals surface area contributed by atoms with E-state index in [1.807, 2.05) is 24.3 Å². The summed E-state index contributed by atoms with van der Waals surface area (Å²) in [5.74, 6) is 0. The van der Waals surface area contributed by atoms with Crippen LogP contribution in [0.4, 0.5) is 5.69 Å².